The van der Waals surface area contributed by atoms with E-state index in [2.05, 4.69) is 73.6 Å². The summed E-state index contributed by atoms with van der Waals surface area (Å²) in [6.07, 6.45) is 3.74. The van der Waals surface area contributed by atoms with Crippen LogP contribution in [0.2, 0.25) is 0 Å². The third-order valence-electron chi connectivity index (χ3n) is 7.69. The fraction of sp³-hybridized carbons (Fsp3) is 0.536. The largest absolute Gasteiger partial charge is 0.378 e. The van der Waals surface area contributed by atoms with Crippen molar-refractivity contribution in [3.05, 3.63) is 64.5 Å². The number of methoxy groups -OCH3 is 1. The summed E-state index contributed by atoms with van der Waals surface area (Å²) in [5.74, 6) is 2.42. The predicted octanol–water partition coefficient (Wildman–Crippen LogP) is 5.45. The Morgan fingerprint density at radius 1 is 1.06 bits per heavy atom. The van der Waals surface area contributed by atoms with E-state index in [1.807, 2.05) is 7.11 Å². The molecule has 0 amide bonds. The average Bonchev–Trinajstić information content (AvgIpc) is 3.31. The molecule has 5 rings (SSSR count). The van der Waals surface area contributed by atoms with Crippen LogP contribution in [0.15, 0.2) is 36.4 Å². The molecule has 170 valence electrons. The van der Waals surface area contributed by atoms with Crippen LogP contribution in [0.1, 0.15) is 60.3 Å². The van der Waals surface area contributed by atoms with Gasteiger partial charge in [0.1, 0.15) is 5.82 Å². The number of rotatable bonds is 5. The van der Waals surface area contributed by atoms with Gasteiger partial charge >= 0.3 is 0 Å². The molecule has 0 radical (unpaired) electrons. The first-order chi connectivity index (χ1) is 15.4. The lowest BCUT2D eigenvalue weighted by atomic mass is 9.98. The smallest absolute Gasteiger partial charge is 0.107 e. The van der Waals surface area contributed by atoms with Gasteiger partial charge in [0.2, 0.25) is 0 Å². The predicted molar refractivity (Wildman–Crippen MR) is 132 cm³/mol. The summed E-state index contributed by atoms with van der Waals surface area (Å²) < 4.78 is 8.49. The van der Waals surface area contributed by atoms with E-state index < -0.39 is 0 Å². The number of aryl methyl sites for hydroxylation is 2. The molecule has 4 nitrogen and oxygen atoms in total. The molecule has 2 aliphatic rings. The van der Waals surface area contributed by atoms with Crippen LogP contribution in [0.4, 0.5) is 0 Å². The topological polar surface area (TPSA) is 30.3 Å². The fourth-order valence-corrected chi connectivity index (χ4v) is 5.99. The number of hydrogen-bond acceptors (Lipinski definition) is 3. The molecule has 0 spiro atoms. The number of benzene rings is 2. The van der Waals surface area contributed by atoms with Gasteiger partial charge in [0.25, 0.3) is 0 Å². The molecular weight excluding hydrogens is 394 g/mol. The summed E-state index contributed by atoms with van der Waals surface area (Å²) in [6.45, 7) is 12.1. The second-order valence-electron chi connectivity index (χ2n) is 10.4. The van der Waals surface area contributed by atoms with Crippen LogP contribution >= 0.6 is 0 Å². The van der Waals surface area contributed by atoms with Gasteiger partial charge in [0, 0.05) is 26.7 Å². The number of fused-ring (bicyclic) bond motifs is 2. The highest BCUT2D eigenvalue weighted by Gasteiger charge is 2.34. The Morgan fingerprint density at radius 2 is 1.88 bits per heavy atom. The highest BCUT2D eigenvalue weighted by atomic mass is 16.5. The van der Waals surface area contributed by atoms with E-state index in [4.69, 9.17) is 9.72 Å². The average molecular weight is 432 g/mol. The lowest BCUT2D eigenvalue weighted by Crippen LogP contribution is -2.47. The third kappa shape index (κ3) is 3.99. The van der Waals surface area contributed by atoms with Crippen LogP contribution in [-0.4, -0.2) is 47.3 Å². The molecule has 1 aliphatic heterocycles. The van der Waals surface area contributed by atoms with Crippen LogP contribution in [0, 0.1) is 19.8 Å². The summed E-state index contributed by atoms with van der Waals surface area (Å²) in [5, 5.41) is 0. The minimum absolute atomic E-state index is 0.192. The number of likely N-dealkylation sites (tertiary alicyclic amines) is 1. The molecule has 32 heavy (non-hydrogen) atoms. The van der Waals surface area contributed by atoms with Gasteiger partial charge in [0.05, 0.1) is 23.2 Å². The van der Waals surface area contributed by atoms with Crippen LogP contribution in [0.25, 0.3) is 11.0 Å². The van der Waals surface area contributed by atoms with Crippen molar-refractivity contribution in [3.8, 4) is 0 Å². The maximum atomic E-state index is 6.06. The van der Waals surface area contributed by atoms with Gasteiger partial charge in [-0.2, -0.15) is 0 Å². The van der Waals surface area contributed by atoms with Gasteiger partial charge in [-0.15, -0.1) is 0 Å². The zero-order valence-corrected chi connectivity index (χ0v) is 20.3. The van der Waals surface area contributed by atoms with E-state index in [0.717, 1.165) is 36.8 Å². The molecule has 1 fully saturated rings. The molecule has 2 heterocycles. The third-order valence-corrected chi connectivity index (χ3v) is 7.69. The number of ether oxygens (including phenoxy) is 1. The normalized spacial score (nSPS) is 23.9. The molecule has 1 aliphatic carbocycles. The van der Waals surface area contributed by atoms with Crippen molar-refractivity contribution in [2.45, 2.75) is 65.0 Å². The molecule has 0 N–H and O–H groups in total. The van der Waals surface area contributed by atoms with E-state index in [9.17, 15) is 0 Å². The molecule has 3 aromatic rings. The monoisotopic (exact) mass is 431 g/mol. The lowest BCUT2D eigenvalue weighted by molar-refractivity contribution is -0.00928. The zero-order valence-electron chi connectivity index (χ0n) is 20.3. The van der Waals surface area contributed by atoms with Gasteiger partial charge in [-0.1, -0.05) is 38.1 Å². The molecule has 3 atom stereocenters. The van der Waals surface area contributed by atoms with E-state index in [1.54, 1.807) is 11.1 Å². The molecule has 0 saturated carbocycles. The van der Waals surface area contributed by atoms with E-state index in [-0.39, 0.29) is 6.10 Å². The van der Waals surface area contributed by atoms with Crippen LogP contribution in [-0.2, 0) is 17.6 Å². The Bertz CT molecular complexity index is 1120. The number of aromatic nitrogens is 2. The van der Waals surface area contributed by atoms with Crippen molar-refractivity contribution < 1.29 is 4.74 Å². The Kier molecular flexibility index (Phi) is 5.85. The Morgan fingerprint density at radius 3 is 2.66 bits per heavy atom. The maximum absolute atomic E-state index is 6.06. The summed E-state index contributed by atoms with van der Waals surface area (Å²) in [5.41, 5.74) is 8.22. The van der Waals surface area contributed by atoms with Crippen molar-refractivity contribution >= 4 is 11.0 Å². The lowest BCUT2D eigenvalue weighted by Gasteiger charge is -2.40. The Labute approximate surface area is 192 Å². The van der Waals surface area contributed by atoms with Crippen LogP contribution < -0.4 is 0 Å². The number of imidazole rings is 1. The van der Waals surface area contributed by atoms with Crippen LogP contribution in [0.3, 0.4) is 0 Å². The van der Waals surface area contributed by atoms with E-state index >= 15 is 0 Å². The van der Waals surface area contributed by atoms with Crippen molar-refractivity contribution in [1.29, 1.82) is 0 Å². The molecule has 1 aromatic heterocycles. The van der Waals surface area contributed by atoms with Crippen molar-refractivity contribution in [2.24, 2.45) is 5.92 Å². The number of piperidine rings is 1. The quantitative estimate of drug-likeness (QED) is 0.538. The molecule has 1 saturated heterocycles. The second kappa shape index (κ2) is 8.64. The van der Waals surface area contributed by atoms with Gasteiger partial charge in [0.15, 0.2) is 0 Å². The highest BCUT2D eigenvalue weighted by Crippen LogP contribution is 2.34. The zero-order chi connectivity index (χ0) is 22.4. The van der Waals surface area contributed by atoms with Crippen molar-refractivity contribution in [2.75, 3.05) is 26.7 Å². The van der Waals surface area contributed by atoms with Gasteiger partial charge in [-0.3, -0.25) is 0 Å². The maximum Gasteiger partial charge on any atom is 0.107 e. The first-order valence-electron chi connectivity index (χ1n) is 12.2. The standard InChI is InChI=1S/C28H37N3O/c1-18(2)22-7-8-23-13-21(14-24(23)15-22)16-30-11-10-27(28(17-30)32-5)31-20(4)29-25-12-19(3)6-9-26(25)31/h6-9,12,15,18,21,27-28H,10-11,13-14,16-17H2,1-5H3/t21?,27-,28+/m1/s1. The molecule has 0 bridgehead atoms. The van der Waals surface area contributed by atoms with Gasteiger partial charge in [-0.05, 0) is 79.3 Å². The van der Waals surface area contributed by atoms with E-state index in [0.29, 0.717) is 12.0 Å². The Balaban J connectivity index is 1.28. The SMILES string of the molecule is CO[C@H]1CN(CC2Cc3ccc(C(C)C)cc3C2)CC[C@H]1n1c(C)nc2cc(C)ccc21. The van der Waals surface area contributed by atoms with Crippen molar-refractivity contribution in [1.82, 2.24) is 14.5 Å². The van der Waals surface area contributed by atoms with E-state index in [1.165, 1.54) is 36.0 Å². The molecule has 4 heteroatoms. The van der Waals surface area contributed by atoms with Crippen LogP contribution in [0.5, 0.6) is 0 Å². The Hall–Kier alpha value is -2.17. The second-order valence-corrected chi connectivity index (χ2v) is 10.4. The minimum atomic E-state index is 0.192. The first kappa shape index (κ1) is 21.7. The number of nitrogens with zero attached hydrogens (tertiary/aromatic N) is 3. The summed E-state index contributed by atoms with van der Waals surface area (Å²) >= 11 is 0. The molecule has 1 unspecified atom stereocenters. The van der Waals surface area contributed by atoms with Gasteiger partial charge < -0.3 is 14.2 Å². The molecule has 2 aromatic carbocycles. The summed E-state index contributed by atoms with van der Waals surface area (Å²) in [7, 11) is 1.87. The molecular formula is C28H37N3O. The first-order valence-corrected chi connectivity index (χ1v) is 12.2. The fourth-order valence-electron chi connectivity index (χ4n) is 5.99. The minimum Gasteiger partial charge on any atom is -0.378 e. The van der Waals surface area contributed by atoms with Gasteiger partial charge in [-0.25, -0.2) is 4.98 Å². The number of hydrogen-bond donors (Lipinski definition) is 0. The summed E-state index contributed by atoms with van der Waals surface area (Å²) in [4.78, 5) is 7.50. The van der Waals surface area contributed by atoms with Crippen molar-refractivity contribution in [3.63, 3.8) is 0 Å². The summed E-state index contributed by atoms with van der Waals surface area (Å²) in [6, 6.07) is 14.1. The highest BCUT2D eigenvalue weighted by molar-refractivity contribution is 5.77.